The molecule has 1 aromatic rings. The van der Waals surface area contributed by atoms with Crippen LogP contribution in [0, 0.1) is 5.92 Å². The first-order valence-corrected chi connectivity index (χ1v) is 7.06. The SMILES string of the molecule is CC(N)c1csc(NC(=O)C2CCCCC2)n1. The molecule has 1 heterocycles. The van der Waals surface area contributed by atoms with E-state index in [9.17, 15) is 4.79 Å². The Labute approximate surface area is 106 Å². The molecule has 1 aliphatic carbocycles. The van der Waals surface area contributed by atoms with Crippen molar-refractivity contribution in [1.82, 2.24) is 4.98 Å². The van der Waals surface area contributed by atoms with Crippen LogP contribution in [0.5, 0.6) is 0 Å². The van der Waals surface area contributed by atoms with Gasteiger partial charge < -0.3 is 11.1 Å². The van der Waals surface area contributed by atoms with Crippen molar-refractivity contribution in [3.05, 3.63) is 11.1 Å². The van der Waals surface area contributed by atoms with Gasteiger partial charge in [0.15, 0.2) is 5.13 Å². The van der Waals surface area contributed by atoms with Crippen molar-refractivity contribution in [3.8, 4) is 0 Å². The van der Waals surface area contributed by atoms with E-state index in [0.717, 1.165) is 18.5 Å². The van der Waals surface area contributed by atoms with E-state index in [2.05, 4.69) is 10.3 Å². The van der Waals surface area contributed by atoms with Gasteiger partial charge in [0.25, 0.3) is 0 Å². The highest BCUT2D eigenvalue weighted by Gasteiger charge is 2.21. The Kier molecular flexibility index (Phi) is 4.12. The molecule has 2 rings (SSSR count). The van der Waals surface area contributed by atoms with Gasteiger partial charge in [0.05, 0.1) is 5.69 Å². The molecule has 17 heavy (non-hydrogen) atoms. The fraction of sp³-hybridized carbons (Fsp3) is 0.667. The Morgan fingerprint density at radius 3 is 2.82 bits per heavy atom. The minimum absolute atomic E-state index is 0.0772. The molecule has 94 valence electrons. The molecule has 1 amide bonds. The summed E-state index contributed by atoms with van der Waals surface area (Å²) in [6.45, 7) is 1.89. The summed E-state index contributed by atoms with van der Waals surface area (Å²) in [7, 11) is 0. The number of hydrogen-bond donors (Lipinski definition) is 2. The first-order chi connectivity index (χ1) is 8.16. The van der Waals surface area contributed by atoms with Crippen LogP contribution in [0.4, 0.5) is 5.13 Å². The fourth-order valence-corrected chi connectivity index (χ4v) is 2.94. The van der Waals surface area contributed by atoms with E-state index < -0.39 is 0 Å². The Morgan fingerprint density at radius 2 is 2.24 bits per heavy atom. The molecule has 3 N–H and O–H groups in total. The Morgan fingerprint density at radius 1 is 1.53 bits per heavy atom. The molecule has 4 nitrogen and oxygen atoms in total. The van der Waals surface area contributed by atoms with Gasteiger partial charge in [-0.2, -0.15) is 0 Å². The largest absolute Gasteiger partial charge is 0.323 e. The third-order valence-electron chi connectivity index (χ3n) is 3.19. The second-order valence-corrected chi connectivity index (χ2v) is 5.55. The van der Waals surface area contributed by atoms with E-state index in [1.165, 1.54) is 30.6 Å². The van der Waals surface area contributed by atoms with Crippen molar-refractivity contribution in [3.63, 3.8) is 0 Å². The maximum atomic E-state index is 12.0. The number of anilines is 1. The predicted molar refractivity (Wildman–Crippen MR) is 69.9 cm³/mol. The van der Waals surface area contributed by atoms with Crippen molar-refractivity contribution >= 4 is 22.4 Å². The van der Waals surface area contributed by atoms with Crippen LogP contribution in [0.3, 0.4) is 0 Å². The van der Waals surface area contributed by atoms with Gasteiger partial charge >= 0.3 is 0 Å². The van der Waals surface area contributed by atoms with E-state index in [4.69, 9.17) is 5.73 Å². The zero-order valence-electron chi connectivity index (χ0n) is 10.1. The lowest BCUT2D eigenvalue weighted by Crippen LogP contribution is -2.24. The van der Waals surface area contributed by atoms with Gasteiger partial charge in [-0.25, -0.2) is 4.98 Å². The topological polar surface area (TPSA) is 68.0 Å². The maximum Gasteiger partial charge on any atom is 0.229 e. The highest BCUT2D eigenvalue weighted by Crippen LogP contribution is 2.26. The third-order valence-corrected chi connectivity index (χ3v) is 3.97. The summed E-state index contributed by atoms with van der Waals surface area (Å²) in [5.41, 5.74) is 6.57. The number of nitrogens with one attached hydrogen (secondary N) is 1. The van der Waals surface area contributed by atoms with Gasteiger partial charge in [-0.1, -0.05) is 19.3 Å². The van der Waals surface area contributed by atoms with Crippen molar-refractivity contribution in [2.24, 2.45) is 11.7 Å². The summed E-state index contributed by atoms with van der Waals surface area (Å²) < 4.78 is 0. The first kappa shape index (κ1) is 12.5. The van der Waals surface area contributed by atoms with Crippen LogP contribution in [-0.4, -0.2) is 10.9 Å². The molecular weight excluding hydrogens is 234 g/mol. The summed E-state index contributed by atoms with van der Waals surface area (Å²) >= 11 is 1.45. The molecule has 1 fully saturated rings. The van der Waals surface area contributed by atoms with Crippen molar-refractivity contribution in [2.75, 3.05) is 5.32 Å². The van der Waals surface area contributed by atoms with Gasteiger partial charge in [0.1, 0.15) is 0 Å². The van der Waals surface area contributed by atoms with Crippen LogP contribution in [-0.2, 0) is 4.79 Å². The lowest BCUT2D eigenvalue weighted by atomic mass is 9.89. The van der Waals surface area contributed by atoms with E-state index in [1.54, 1.807) is 0 Å². The number of carbonyl (C=O) groups is 1. The van der Waals surface area contributed by atoms with Crippen molar-refractivity contribution in [2.45, 2.75) is 45.1 Å². The molecule has 0 bridgehead atoms. The molecule has 1 saturated carbocycles. The number of nitrogens with two attached hydrogens (primary N) is 1. The average molecular weight is 253 g/mol. The monoisotopic (exact) mass is 253 g/mol. The van der Waals surface area contributed by atoms with E-state index in [0.29, 0.717) is 5.13 Å². The van der Waals surface area contributed by atoms with Crippen LogP contribution >= 0.6 is 11.3 Å². The highest BCUT2D eigenvalue weighted by atomic mass is 32.1. The normalized spacial score (nSPS) is 18.9. The molecule has 0 spiro atoms. The highest BCUT2D eigenvalue weighted by molar-refractivity contribution is 7.13. The molecule has 1 atom stereocenters. The van der Waals surface area contributed by atoms with Gasteiger partial charge in [-0.05, 0) is 19.8 Å². The van der Waals surface area contributed by atoms with Crippen molar-refractivity contribution in [1.29, 1.82) is 0 Å². The number of nitrogens with zero attached hydrogens (tertiary/aromatic N) is 1. The summed E-state index contributed by atoms with van der Waals surface area (Å²) in [4.78, 5) is 16.3. The minimum Gasteiger partial charge on any atom is -0.323 e. The second-order valence-electron chi connectivity index (χ2n) is 4.69. The number of amides is 1. The van der Waals surface area contributed by atoms with Crippen LogP contribution in [0.1, 0.15) is 50.8 Å². The smallest absolute Gasteiger partial charge is 0.229 e. The predicted octanol–water partition coefficient (Wildman–Crippen LogP) is 2.68. The summed E-state index contributed by atoms with van der Waals surface area (Å²) in [5.74, 6) is 0.293. The summed E-state index contributed by atoms with van der Waals surface area (Å²) in [5, 5.41) is 5.48. The molecule has 0 saturated heterocycles. The number of aromatic nitrogens is 1. The van der Waals surface area contributed by atoms with Crippen LogP contribution in [0.2, 0.25) is 0 Å². The van der Waals surface area contributed by atoms with Gasteiger partial charge in [-0.3, -0.25) is 4.79 Å². The zero-order chi connectivity index (χ0) is 12.3. The molecule has 1 aliphatic rings. The van der Waals surface area contributed by atoms with Crippen molar-refractivity contribution < 1.29 is 4.79 Å². The number of rotatable bonds is 3. The van der Waals surface area contributed by atoms with Gasteiger partial charge in [-0.15, -0.1) is 11.3 Å². The van der Waals surface area contributed by atoms with Crippen LogP contribution < -0.4 is 11.1 Å². The summed E-state index contributed by atoms with van der Waals surface area (Å²) in [6, 6.07) is -0.0772. The van der Waals surface area contributed by atoms with E-state index >= 15 is 0 Å². The standard InChI is InChI=1S/C12H19N3OS/c1-8(13)10-7-17-12(14-10)15-11(16)9-5-3-2-4-6-9/h7-9H,2-6,13H2,1H3,(H,14,15,16). The molecule has 5 heteroatoms. The Balaban J connectivity index is 1.92. The van der Waals surface area contributed by atoms with Crippen LogP contribution in [0.25, 0.3) is 0 Å². The number of carbonyl (C=O) groups excluding carboxylic acids is 1. The van der Waals surface area contributed by atoms with Crippen LogP contribution in [0.15, 0.2) is 5.38 Å². The lowest BCUT2D eigenvalue weighted by Gasteiger charge is -2.19. The Hall–Kier alpha value is -0.940. The fourth-order valence-electron chi connectivity index (χ4n) is 2.12. The molecule has 0 aromatic carbocycles. The molecule has 0 radical (unpaired) electrons. The molecule has 1 aromatic heterocycles. The Bertz CT molecular complexity index is 383. The maximum absolute atomic E-state index is 12.0. The minimum atomic E-state index is -0.0772. The average Bonchev–Trinajstić information content (AvgIpc) is 2.79. The quantitative estimate of drug-likeness (QED) is 0.870. The first-order valence-electron chi connectivity index (χ1n) is 6.18. The number of hydrogen-bond acceptors (Lipinski definition) is 4. The molecule has 0 aliphatic heterocycles. The third kappa shape index (κ3) is 3.26. The lowest BCUT2D eigenvalue weighted by molar-refractivity contribution is -0.120. The molecular formula is C12H19N3OS. The second kappa shape index (κ2) is 5.60. The molecule has 1 unspecified atom stereocenters. The van der Waals surface area contributed by atoms with E-state index in [1.807, 2.05) is 12.3 Å². The summed E-state index contributed by atoms with van der Waals surface area (Å²) in [6.07, 6.45) is 5.62. The zero-order valence-corrected chi connectivity index (χ0v) is 10.9. The van der Waals surface area contributed by atoms with Gasteiger partial charge in [0.2, 0.25) is 5.91 Å². The number of thiazole rings is 1. The van der Waals surface area contributed by atoms with E-state index in [-0.39, 0.29) is 17.9 Å². The van der Waals surface area contributed by atoms with Gasteiger partial charge in [0, 0.05) is 17.3 Å².